The highest BCUT2D eigenvalue weighted by molar-refractivity contribution is 5.60. The lowest BCUT2D eigenvalue weighted by molar-refractivity contribution is 0.114. The Bertz CT molecular complexity index is 1190. The van der Waals surface area contributed by atoms with E-state index >= 15 is 0 Å². The summed E-state index contributed by atoms with van der Waals surface area (Å²) in [6.07, 6.45) is 5.56. The molecule has 0 unspecified atom stereocenters. The van der Waals surface area contributed by atoms with Gasteiger partial charge in [0, 0.05) is 37.9 Å². The predicted molar refractivity (Wildman–Crippen MR) is 150 cm³/mol. The lowest BCUT2D eigenvalue weighted by Gasteiger charge is -2.32. The van der Waals surface area contributed by atoms with Crippen molar-refractivity contribution in [2.75, 3.05) is 38.7 Å². The van der Waals surface area contributed by atoms with E-state index in [9.17, 15) is 5.11 Å². The van der Waals surface area contributed by atoms with Gasteiger partial charge in [-0.3, -0.25) is 0 Å². The largest absolute Gasteiger partial charge is 0.508 e. The number of nitrogens with zero attached hydrogens (tertiary/aromatic N) is 2. The monoisotopic (exact) mass is 500 g/mol. The number of piperidine rings is 1. The maximum absolute atomic E-state index is 9.90. The maximum Gasteiger partial charge on any atom is 0.120 e. The Labute approximate surface area is 221 Å². The molecule has 5 heteroatoms. The Balaban J connectivity index is 1.33. The number of phenols is 1. The molecule has 1 aliphatic carbocycles. The summed E-state index contributed by atoms with van der Waals surface area (Å²) >= 11 is 0. The number of hydrogen-bond donors (Lipinski definition) is 1. The van der Waals surface area contributed by atoms with E-state index in [0.29, 0.717) is 17.8 Å². The van der Waals surface area contributed by atoms with Gasteiger partial charge in [0.15, 0.2) is 0 Å². The number of aromatic hydroxyl groups is 1. The van der Waals surface area contributed by atoms with Gasteiger partial charge < -0.3 is 24.4 Å². The van der Waals surface area contributed by atoms with Crippen LogP contribution in [0.4, 0.5) is 5.69 Å². The van der Waals surface area contributed by atoms with Gasteiger partial charge in [-0.15, -0.1) is 0 Å². The molecule has 0 spiro atoms. The van der Waals surface area contributed by atoms with E-state index < -0.39 is 0 Å². The predicted octanol–water partition coefficient (Wildman–Crippen LogP) is 6.17. The average Bonchev–Trinajstić information content (AvgIpc) is 2.93. The van der Waals surface area contributed by atoms with Crippen molar-refractivity contribution < 1.29 is 14.6 Å². The molecular formula is C32H40N2O3. The molecule has 0 bridgehead atoms. The van der Waals surface area contributed by atoms with E-state index in [0.717, 1.165) is 69.8 Å². The van der Waals surface area contributed by atoms with Crippen molar-refractivity contribution in [3.63, 3.8) is 0 Å². The number of rotatable bonds is 8. The molecular weight excluding hydrogens is 460 g/mol. The minimum absolute atomic E-state index is 0.318. The second-order valence-electron chi connectivity index (χ2n) is 10.6. The molecule has 5 rings (SSSR count). The number of likely N-dealkylation sites (tertiary alicyclic amines) is 1. The lowest BCUT2D eigenvalue weighted by atomic mass is 9.79. The van der Waals surface area contributed by atoms with Crippen molar-refractivity contribution in [3.8, 4) is 17.2 Å². The van der Waals surface area contributed by atoms with Crippen LogP contribution in [0, 0.1) is 0 Å². The van der Waals surface area contributed by atoms with Gasteiger partial charge in [-0.25, -0.2) is 0 Å². The molecule has 5 nitrogen and oxygen atoms in total. The summed E-state index contributed by atoms with van der Waals surface area (Å²) in [5, 5.41) is 9.90. The number of hydrogen-bond acceptors (Lipinski definition) is 5. The summed E-state index contributed by atoms with van der Waals surface area (Å²) in [5.41, 5.74) is 6.53. The molecule has 1 heterocycles. The van der Waals surface area contributed by atoms with Gasteiger partial charge in [0.1, 0.15) is 23.4 Å². The Hall–Kier alpha value is -3.18. The molecule has 1 fully saturated rings. The Morgan fingerprint density at radius 2 is 1.68 bits per heavy atom. The SMILES string of the molecule is CCN(Cc1ccc(OC2CCN(C)CC2)cc1)c1cc(OC)ccc1[C@@H]1CCc2cc(O)ccc2C1. The van der Waals surface area contributed by atoms with Gasteiger partial charge in [-0.1, -0.05) is 24.3 Å². The van der Waals surface area contributed by atoms with Crippen LogP contribution >= 0.6 is 0 Å². The fraction of sp³-hybridized carbons (Fsp3) is 0.438. The van der Waals surface area contributed by atoms with E-state index in [4.69, 9.17) is 9.47 Å². The summed E-state index contributed by atoms with van der Waals surface area (Å²) in [7, 11) is 3.92. The van der Waals surface area contributed by atoms with Gasteiger partial charge in [-0.05, 0) is 105 Å². The van der Waals surface area contributed by atoms with Crippen molar-refractivity contribution in [2.45, 2.75) is 57.6 Å². The lowest BCUT2D eigenvalue weighted by Crippen LogP contribution is -2.35. The third kappa shape index (κ3) is 6.04. The van der Waals surface area contributed by atoms with E-state index in [2.05, 4.69) is 72.3 Å². The third-order valence-corrected chi connectivity index (χ3v) is 8.08. The van der Waals surface area contributed by atoms with Gasteiger partial charge >= 0.3 is 0 Å². The first kappa shape index (κ1) is 25.5. The van der Waals surface area contributed by atoms with Crippen LogP contribution in [-0.4, -0.2) is 49.9 Å². The third-order valence-electron chi connectivity index (χ3n) is 8.08. The molecule has 1 N–H and O–H groups in total. The summed E-state index contributed by atoms with van der Waals surface area (Å²) in [4.78, 5) is 4.82. The van der Waals surface area contributed by atoms with Crippen molar-refractivity contribution in [3.05, 3.63) is 82.9 Å². The van der Waals surface area contributed by atoms with Crippen LogP contribution in [-0.2, 0) is 19.4 Å². The molecule has 37 heavy (non-hydrogen) atoms. The zero-order valence-electron chi connectivity index (χ0n) is 22.5. The summed E-state index contributed by atoms with van der Waals surface area (Å²) in [6, 6.07) is 21.0. The number of aryl methyl sites for hydroxylation is 1. The average molecular weight is 501 g/mol. The van der Waals surface area contributed by atoms with E-state index in [-0.39, 0.29) is 0 Å². The van der Waals surface area contributed by atoms with Gasteiger partial charge in [0.05, 0.1) is 7.11 Å². The zero-order valence-corrected chi connectivity index (χ0v) is 22.5. The van der Waals surface area contributed by atoms with Gasteiger partial charge in [-0.2, -0.15) is 0 Å². The number of phenolic OH excluding ortho intramolecular Hbond substituents is 1. The number of fused-ring (bicyclic) bond motifs is 1. The molecule has 0 saturated carbocycles. The first-order valence-corrected chi connectivity index (χ1v) is 13.7. The minimum Gasteiger partial charge on any atom is -0.508 e. The first-order valence-electron chi connectivity index (χ1n) is 13.7. The van der Waals surface area contributed by atoms with Crippen LogP contribution in [0.1, 0.15) is 54.4 Å². The first-order chi connectivity index (χ1) is 18.0. The van der Waals surface area contributed by atoms with Crippen molar-refractivity contribution in [1.82, 2.24) is 4.90 Å². The molecule has 1 saturated heterocycles. The smallest absolute Gasteiger partial charge is 0.120 e. The molecule has 0 aromatic heterocycles. The van der Waals surface area contributed by atoms with Gasteiger partial charge in [0.2, 0.25) is 0 Å². The number of benzene rings is 3. The van der Waals surface area contributed by atoms with Crippen molar-refractivity contribution >= 4 is 5.69 Å². The fourth-order valence-electron chi connectivity index (χ4n) is 5.83. The van der Waals surface area contributed by atoms with Crippen molar-refractivity contribution in [1.29, 1.82) is 0 Å². The molecule has 0 amide bonds. The number of methoxy groups -OCH3 is 1. The quantitative estimate of drug-likeness (QED) is 0.401. The number of anilines is 1. The van der Waals surface area contributed by atoms with Crippen LogP contribution in [0.5, 0.6) is 17.2 Å². The van der Waals surface area contributed by atoms with Crippen LogP contribution in [0.15, 0.2) is 60.7 Å². The summed E-state index contributed by atoms with van der Waals surface area (Å²) in [6.45, 7) is 6.17. The summed E-state index contributed by atoms with van der Waals surface area (Å²) in [5.74, 6) is 2.66. The normalized spacial score (nSPS) is 18.3. The fourth-order valence-corrected chi connectivity index (χ4v) is 5.83. The van der Waals surface area contributed by atoms with Crippen LogP contribution in [0.25, 0.3) is 0 Å². The Morgan fingerprint density at radius 3 is 2.41 bits per heavy atom. The highest BCUT2D eigenvalue weighted by Gasteiger charge is 2.25. The molecule has 3 aromatic rings. The topological polar surface area (TPSA) is 45.2 Å². The highest BCUT2D eigenvalue weighted by Crippen LogP contribution is 2.40. The Kier molecular flexibility index (Phi) is 7.90. The maximum atomic E-state index is 9.90. The van der Waals surface area contributed by atoms with Crippen LogP contribution < -0.4 is 14.4 Å². The molecule has 1 aliphatic heterocycles. The van der Waals surface area contributed by atoms with E-state index in [1.165, 1.54) is 27.9 Å². The second-order valence-corrected chi connectivity index (χ2v) is 10.6. The number of ether oxygens (including phenoxy) is 2. The Morgan fingerprint density at radius 1 is 0.919 bits per heavy atom. The second kappa shape index (κ2) is 11.5. The molecule has 2 aliphatic rings. The minimum atomic E-state index is 0.318. The van der Waals surface area contributed by atoms with E-state index in [1.807, 2.05) is 12.1 Å². The highest BCUT2D eigenvalue weighted by atomic mass is 16.5. The zero-order chi connectivity index (χ0) is 25.8. The molecule has 3 aromatic carbocycles. The van der Waals surface area contributed by atoms with Gasteiger partial charge in [0.25, 0.3) is 0 Å². The van der Waals surface area contributed by atoms with E-state index in [1.54, 1.807) is 7.11 Å². The van der Waals surface area contributed by atoms with Crippen LogP contribution in [0.2, 0.25) is 0 Å². The summed E-state index contributed by atoms with van der Waals surface area (Å²) < 4.78 is 11.9. The van der Waals surface area contributed by atoms with Crippen molar-refractivity contribution in [2.24, 2.45) is 0 Å². The molecule has 1 atom stereocenters. The van der Waals surface area contributed by atoms with Crippen LogP contribution in [0.3, 0.4) is 0 Å². The molecule has 0 radical (unpaired) electrons. The molecule has 196 valence electrons. The standard InChI is InChI=1S/C32H40N2O3/c1-4-34(22-23-5-11-28(12-6-23)37-29-15-17-33(2)18-16-29)32-21-30(36-3)13-14-31(32)26-8-7-25-20-27(35)10-9-24(25)19-26/h5-6,9-14,20-21,26,29,35H,4,7-8,15-19,22H2,1-3H3/t26-/m1/s1.